The summed E-state index contributed by atoms with van der Waals surface area (Å²) >= 11 is 0. The number of anilines is 2. The Morgan fingerprint density at radius 1 is 1.07 bits per heavy atom. The zero-order valence-corrected chi connectivity index (χ0v) is 15.8. The van der Waals surface area contributed by atoms with Gasteiger partial charge in [-0.2, -0.15) is 4.31 Å². The number of hydrogen-bond acceptors (Lipinski definition) is 6. The summed E-state index contributed by atoms with van der Waals surface area (Å²) in [7, 11) is -3.49. The number of carbonyl (C=O) groups excluding carboxylic acids is 1. The van der Waals surface area contributed by atoms with Crippen molar-refractivity contribution >= 4 is 33.0 Å². The van der Waals surface area contributed by atoms with E-state index in [1.807, 2.05) is 0 Å². The Hall–Kier alpha value is -2.98. The van der Waals surface area contributed by atoms with Crippen LogP contribution in [0.25, 0.3) is 0 Å². The molecule has 1 heterocycles. The SMILES string of the molecule is O=C(CNc1cccc([N+](=O)[O-])c1)Nc1ccc(S(=O)(=O)N2CCCC2)cc1. The second-order valence-corrected chi connectivity index (χ2v) is 8.28. The highest BCUT2D eigenvalue weighted by molar-refractivity contribution is 7.89. The van der Waals surface area contributed by atoms with E-state index in [0.29, 0.717) is 24.5 Å². The molecule has 0 radical (unpaired) electrons. The van der Waals surface area contributed by atoms with Crippen molar-refractivity contribution in [3.05, 3.63) is 58.6 Å². The Morgan fingerprint density at radius 3 is 2.39 bits per heavy atom. The number of benzene rings is 2. The summed E-state index contributed by atoms with van der Waals surface area (Å²) in [5.41, 5.74) is 0.850. The highest BCUT2D eigenvalue weighted by atomic mass is 32.2. The molecule has 1 aliphatic heterocycles. The molecule has 0 aliphatic carbocycles. The van der Waals surface area contributed by atoms with E-state index in [1.54, 1.807) is 6.07 Å². The topological polar surface area (TPSA) is 122 Å². The number of nitrogens with one attached hydrogen (secondary N) is 2. The van der Waals surface area contributed by atoms with Crippen LogP contribution in [-0.4, -0.2) is 43.2 Å². The lowest BCUT2D eigenvalue weighted by Crippen LogP contribution is -2.27. The van der Waals surface area contributed by atoms with E-state index in [1.165, 1.54) is 46.8 Å². The molecule has 0 aromatic heterocycles. The molecular formula is C18H20N4O5S. The van der Waals surface area contributed by atoms with E-state index in [4.69, 9.17) is 0 Å². The molecule has 9 nitrogen and oxygen atoms in total. The Kier molecular flexibility index (Phi) is 5.90. The lowest BCUT2D eigenvalue weighted by molar-refractivity contribution is -0.384. The van der Waals surface area contributed by atoms with Crippen LogP contribution in [0.2, 0.25) is 0 Å². The van der Waals surface area contributed by atoms with Gasteiger partial charge in [-0.05, 0) is 43.2 Å². The zero-order chi connectivity index (χ0) is 20.1. The molecule has 1 saturated heterocycles. The maximum Gasteiger partial charge on any atom is 0.271 e. The first kappa shape index (κ1) is 19.8. The summed E-state index contributed by atoms with van der Waals surface area (Å²) in [6.45, 7) is 0.975. The Labute approximate surface area is 162 Å². The van der Waals surface area contributed by atoms with E-state index in [-0.39, 0.29) is 23.0 Å². The first-order valence-corrected chi connectivity index (χ1v) is 10.2. The predicted molar refractivity (Wildman–Crippen MR) is 105 cm³/mol. The van der Waals surface area contributed by atoms with Gasteiger partial charge in [-0.15, -0.1) is 0 Å². The van der Waals surface area contributed by atoms with E-state index in [9.17, 15) is 23.3 Å². The fourth-order valence-corrected chi connectivity index (χ4v) is 4.42. The van der Waals surface area contributed by atoms with Gasteiger partial charge >= 0.3 is 0 Å². The van der Waals surface area contributed by atoms with Crippen LogP contribution in [0, 0.1) is 10.1 Å². The summed E-state index contributed by atoms with van der Waals surface area (Å²) < 4.78 is 26.4. The van der Waals surface area contributed by atoms with Gasteiger partial charge in [0.15, 0.2) is 0 Å². The minimum Gasteiger partial charge on any atom is -0.376 e. The lowest BCUT2D eigenvalue weighted by atomic mass is 10.3. The van der Waals surface area contributed by atoms with E-state index in [0.717, 1.165) is 12.8 Å². The molecule has 0 unspecified atom stereocenters. The summed E-state index contributed by atoms with van der Waals surface area (Å²) in [5, 5.41) is 16.2. The minimum absolute atomic E-state index is 0.0693. The second kappa shape index (κ2) is 8.36. The molecule has 2 aromatic carbocycles. The predicted octanol–water partition coefficient (Wildman–Crippen LogP) is 2.43. The van der Waals surface area contributed by atoms with Gasteiger partial charge in [-0.3, -0.25) is 14.9 Å². The number of sulfonamides is 1. The van der Waals surface area contributed by atoms with Crippen molar-refractivity contribution in [1.82, 2.24) is 4.31 Å². The van der Waals surface area contributed by atoms with Gasteiger partial charge in [-0.1, -0.05) is 6.07 Å². The minimum atomic E-state index is -3.49. The molecule has 28 heavy (non-hydrogen) atoms. The number of non-ortho nitro benzene ring substituents is 1. The Bertz CT molecular complexity index is 970. The standard InChI is InChI=1S/C18H20N4O5S/c23-18(13-19-15-4-3-5-16(12-15)22(24)25)20-14-6-8-17(9-7-14)28(26,27)21-10-1-2-11-21/h3-9,12,19H,1-2,10-11,13H2,(H,20,23). The first-order chi connectivity index (χ1) is 13.4. The van der Waals surface area contributed by atoms with Gasteiger partial charge in [0.1, 0.15) is 0 Å². The number of nitro benzene ring substituents is 1. The molecule has 0 saturated carbocycles. The molecule has 0 spiro atoms. The summed E-state index contributed by atoms with van der Waals surface area (Å²) in [4.78, 5) is 22.5. The largest absolute Gasteiger partial charge is 0.376 e. The molecule has 148 valence electrons. The third-order valence-electron chi connectivity index (χ3n) is 4.35. The van der Waals surface area contributed by atoms with Crippen LogP contribution in [0.1, 0.15) is 12.8 Å². The quantitative estimate of drug-likeness (QED) is 0.540. The van der Waals surface area contributed by atoms with E-state index in [2.05, 4.69) is 10.6 Å². The van der Waals surface area contributed by atoms with E-state index >= 15 is 0 Å². The average molecular weight is 404 g/mol. The summed E-state index contributed by atoms with van der Waals surface area (Å²) in [6.07, 6.45) is 1.73. The van der Waals surface area contributed by atoms with Crippen LogP contribution < -0.4 is 10.6 Å². The smallest absolute Gasteiger partial charge is 0.271 e. The Balaban J connectivity index is 1.57. The molecule has 2 aromatic rings. The van der Waals surface area contributed by atoms with Crippen molar-refractivity contribution in [3.8, 4) is 0 Å². The fraction of sp³-hybridized carbons (Fsp3) is 0.278. The van der Waals surface area contributed by atoms with Crippen molar-refractivity contribution < 1.29 is 18.1 Å². The zero-order valence-electron chi connectivity index (χ0n) is 15.0. The summed E-state index contributed by atoms with van der Waals surface area (Å²) in [6, 6.07) is 11.9. The van der Waals surface area contributed by atoms with Gasteiger partial charge in [0.2, 0.25) is 15.9 Å². The molecule has 1 amide bonds. The van der Waals surface area contributed by atoms with E-state index < -0.39 is 14.9 Å². The lowest BCUT2D eigenvalue weighted by Gasteiger charge is -2.15. The third kappa shape index (κ3) is 4.65. The van der Waals surface area contributed by atoms with Crippen LogP contribution in [0.4, 0.5) is 17.1 Å². The number of hydrogen-bond donors (Lipinski definition) is 2. The highest BCUT2D eigenvalue weighted by Crippen LogP contribution is 2.22. The number of amides is 1. The van der Waals surface area contributed by atoms with Gasteiger partial charge in [0, 0.05) is 36.6 Å². The van der Waals surface area contributed by atoms with Gasteiger partial charge in [0.05, 0.1) is 16.4 Å². The normalized spacial score (nSPS) is 14.6. The highest BCUT2D eigenvalue weighted by Gasteiger charge is 2.26. The van der Waals surface area contributed by atoms with Crippen molar-refractivity contribution in [1.29, 1.82) is 0 Å². The monoisotopic (exact) mass is 404 g/mol. The van der Waals surface area contributed by atoms with Gasteiger partial charge in [-0.25, -0.2) is 8.42 Å². The first-order valence-electron chi connectivity index (χ1n) is 8.75. The Morgan fingerprint density at radius 2 is 1.75 bits per heavy atom. The van der Waals surface area contributed by atoms with Crippen molar-refractivity contribution in [2.45, 2.75) is 17.7 Å². The molecule has 0 bridgehead atoms. The third-order valence-corrected chi connectivity index (χ3v) is 6.26. The molecule has 1 fully saturated rings. The van der Waals surface area contributed by atoms with Crippen LogP contribution in [-0.2, 0) is 14.8 Å². The maximum absolute atomic E-state index is 12.5. The number of carbonyl (C=O) groups is 1. The van der Waals surface area contributed by atoms with Crippen LogP contribution in [0.15, 0.2) is 53.4 Å². The molecular weight excluding hydrogens is 384 g/mol. The molecule has 0 atom stereocenters. The molecule has 2 N–H and O–H groups in total. The van der Waals surface area contributed by atoms with Crippen molar-refractivity contribution in [2.24, 2.45) is 0 Å². The second-order valence-electron chi connectivity index (χ2n) is 6.34. The number of rotatable bonds is 7. The number of nitro groups is 1. The van der Waals surface area contributed by atoms with Crippen molar-refractivity contribution in [3.63, 3.8) is 0 Å². The average Bonchev–Trinajstić information content (AvgIpc) is 3.23. The van der Waals surface area contributed by atoms with Crippen molar-refractivity contribution in [2.75, 3.05) is 30.3 Å². The number of nitrogens with zero attached hydrogens (tertiary/aromatic N) is 2. The van der Waals surface area contributed by atoms with Crippen LogP contribution in [0.5, 0.6) is 0 Å². The fourth-order valence-electron chi connectivity index (χ4n) is 2.90. The maximum atomic E-state index is 12.5. The summed E-state index contributed by atoms with van der Waals surface area (Å²) in [5.74, 6) is -0.360. The van der Waals surface area contributed by atoms with Crippen LogP contribution in [0.3, 0.4) is 0 Å². The van der Waals surface area contributed by atoms with Crippen LogP contribution >= 0.6 is 0 Å². The van der Waals surface area contributed by atoms with Gasteiger partial charge in [0.25, 0.3) is 5.69 Å². The molecule has 3 rings (SSSR count). The van der Waals surface area contributed by atoms with Gasteiger partial charge < -0.3 is 10.6 Å². The molecule has 1 aliphatic rings. The molecule has 10 heteroatoms.